The number of rotatable bonds is 3. The molecule has 1 aromatic heterocycles. The lowest BCUT2D eigenvalue weighted by Crippen LogP contribution is -2.23. The number of carbonyl (C=O) groups excluding carboxylic acids is 1. The molecule has 1 aliphatic rings. The number of thiophene rings is 1. The van der Waals surface area contributed by atoms with Gasteiger partial charge in [-0.25, -0.2) is 0 Å². The molecule has 1 aliphatic carbocycles. The van der Waals surface area contributed by atoms with E-state index in [1.807, 2.05) is 11.3 Å². The van der Waals surface area contributed by atoms with Crippen molar-refractivity contribution in [1.82, 2.24) is 5.32 Å². The van der Waals surface area contributed by atoms with Crippen LogP contribution in [0.1, 0.15) is 34.6 Å². The monoisotopic (exact) mass is 257 g/mol. The van der Waals surface area contributed by atoms with Gasteiger partial charge in [0.1, 0.15) is 5.88 Å². The van der Waals surface area contributed by atoms with E-state index >= 15 is 0 Å². The van der Waals surface area contributed by atoms with Crippen LogP contribution in [0, 0.1) is 0 Å². The third-order valence-electron chi connectivity index (χ3n) is 2.88. The fraction of sp³-hybridized carbons (Fsp3) is 0.583. The van der Waals surface area contributed by atoms with Crippen LogP contribution < -0.4 is 5.32 Å². The molecule has 0 atom stereocenters. The molecule has 0 aliphatic heterocycles. The average molecular weight is 258 g/mol. The highest BCUT2D eigenvalue weighted by Crippen LogP contribution is 2.28. The Morgan fingerprint density at radius 2 is 2.19 bits per heavy atom. The predicted octanol–water partition coefficient (Wildman–Crippen LogP) is 2.87. The molecule has 0 fully saturated rings. The smallest absolute Gasteiger partial charge is 0.235 e. The molecule has 16 heavy (non-hydrogen) atoms. The second kappa shape index (κ2) is 5.69. The third kappa shape index (κ3) is 2.98. The second-order valence-corrected chi connectivity index (χ2v) is 5.62. The molecule has 88 valence electrons. The van der Waals surface area contributed by atoms with Crippen molar-refractivity contribution in [2.75, 3.05) is 5.88 Å². The Labute approximate surface area is 105 Å². The number of aryl methyl sites for hydroxylation is 2. The summed E-state index contributed by atoms with van der Waals surface area (Å²) in [4.78, 5) is 13.8. The van der Waals surface area contributed by atoms with Gasteiger partial charge in [-0.2, -0.15) is 0 Å². The van der Waals surface area contributed by atoms with Crippen molar-refractivity contribution in [3.8, 4) is 0 Å². The minimum Gasteiger partial charge on any atom is -0.350 e. The Bertz CT molecular complexity index is 352. The van der Waals surface area contributed by atoms with Crippen LogP contribution in [0.4, 0.5) is 0 Å². The number of halogens is 1. The third-order valence-corrected chi connectivity index (χ3v) is 4.36. The van der Waals surface area contributed by atoms with Crippen molar-refractivity contribution in [3.05, 3.63) is 21.4 Å². The van der Waals surface area contributed by atoms with Gasteiger partial charge >= 0.3 is 0 Å². The SMILES string of the molecule is O=C(CCl)NCc1cc2c(s1)CCCCC2. The van der Waals surface area contributed by atoms with Gasteiger partial charge in [-0.05, 0) is 37.3 Å². The Morgan fingerprint density at radius 1 is 1.38 bits per heavy atom. The van der Waals surface area contributed by atoms with Gasteiger partial charge < -0.3 is 5.32 Å². The number of nitrogens with one attached hydrogen (secondary N) is 1. The van der Waals surface area contributed by atoms with E-state index in [4.69, 9.17) is 11.6 Å². The molecular formula is C12H16ClNOS. The topological polar surface area (TPSA) is 29.1 Å². The summed E-state index contributed by atoms with van der Waals surface area (Å²) < 4.78 is 0. The highest BCUT2D eigenvalue weighted by molar-refractivity contribution is 7.12. The zero-order valence-electron chi connectivity index (χ0n) is 9.22. The molecule has 1 N–H and O–H groups in total. The normalized spacial score (nSPS) is 15.3. The molecule has 0 spiro atoms. The first-order valence-corrected chi connectivity index (χ1v) is 7.08. The Hall–Kier alpha value is -0.540. The van der Waals surface area contributed by atoms with Crippen molar-refractivity contribution in [3.63, 3.8) is 0 Å². The summed E-state index contributed by atoms with van der Waals surface area (Å²) in [7, 11) is 0. The van der Waals surface area contributed by atoms with Crippen LogP contribution in [0.2, 0.25) is 0 Å². The first kappa shape index (κ1) is 11.9. The molecule has 4 heteroatoms. The van der Waals surface area contributed by atoms with Gasteiger partial charge in [0.15, 0.2) is 0 Å². The maximum absolute atomic E-state index is 11.0. The molecule has 1 amide bonds. The molecule has 0 saturated heterocycles. The minimum absolute atomic E-state index is 0.0467. The summed E-state index contributed by atoms with van der Waals surface area (Å²) in [5.74, 6) is -0.0456. The first-order chi connectivity index (χ1) is 7.79. The standard InChI is InChI=1S/C12H16ClNOS/c13-7-12(15)14-8-10-6-9-4-2-1-3-5-11(9)16-10/h6H,1-5,7-8H2,(H,14,15). The van der Waals surface area contributed by atoms with Crippen LogP contribution in [0.5, 0.6) is 0 Å². The Balaban J connectivity index is 1.98. The van der Waals surface area contributed by atoms with E-state index in [0.29, 0.717) is 6.54 Å². The molecule has 0 unspecified atom stereocenters. The maximum atomic E-state index is 11.0. The summed E-state index contributed by atoms with van der Waals surface area (Å²) in [6, 6.07) is 2.25. The van der Waals surface area contributed by atoms with E-state index < -0.39 is 0 Å². The molecule has 2 nitrogen and oxygen atoms in total. The number of hydrogen-bond acceptors (Lipinski definition) is 2. The quantitative estimate of drug-likeness (QED) is 0.655. The maximum Gasteiger partial charge on any atom is 0.235 e. The molecule has 0 bridgehead atoms. The van der Waals surface area contributed by atoms with Crippen LogP contribution in [0.3, 0.4) is 0 Å². The highest BCUT2D eigenvalue weighted by Gasteiger charge is 2.12. The summed E-state index contributed by atoms with van der Waals surface area (Å²) in [6.07, 6.45) is 6.37. The van der Waals surface area contributed by atoms with Gasteiger partial charge in [0, 0.05) is 9.75 Å². The number of amides is 1. The lowest BCUT2D eigenvalue weighted by molar-refractivity contribution is -0.118. The van der Waals surface area contributed by atoms with E-state index in [-0.39, 0.29) is 11.8 Å². The van der Waals surface area contributed by atoms with E-state index in [2.05, 4.69) is 11.4 Å². The van der Waals surface area contributed by atoms with Gasteiger partial charge in [-0.1, -0.05) is 6.42 Å². The zero-order valence-corrected chi connectivity index (χ0v) is 10.8. The second-order valence-electron chi connectivity index (χ2n) is 4.13. The lowest BCUT2D eigenvalue weighted by atomic mass is 10.1. The van der Waals surface area contributed by atoms with Gasteiger partial charge in [-0.3, -0.25) is 4.79 Å². The van der Waals surface area contributed by atoms with Crippen molar-refractivity contribution >= 4 is 28.8 Å². The molecule has 0 radical (unpaired) electrons. The molecular weight excluding hydrogens is 242 g/mol. The summed E-state index contributed by atoms with van der Waals surface area (Å²) in [5.41, 5.74) is 1.50. The van der Waals surface area contributed by atoms with Gasteiger partial charge in [0.25, 0.3) is 0 Å². The van der Waals surface area contributed by atoms with Crippen molar-refractivity contribution < 1.29 is 4.79 Å². The minimum atomic E-state index is -0.0924. The van der Waals surface area contributed by atoms with E-state index in [1.165, 1.54) is 47.4 Å². The number of carbonyl (C=O) groups is 1. The van der Waals surface area contributed by atoms with E-state index in [9.17, 15) is 4.79 Å². The molecule has 1 heterocycles. The first-order valence-electron chi connectivity index (χ1n) is 5.72. The number of alkyl halides is 1. The van der Waals surface area contributed by atoms with Crippen LogP contribution in [0.25, 0.3) is 0 Å². The van der Waals surface area contributed by atoms with Crippen LogP contribution >= 0.6 is 22.9 Å². The van der Waals surface area contributed by atoms with E-state index in [1.54, 1.807) is 0 Å². The summed E-state index contributed by atoms with van der Waals surface area (Å²) in [6.45, 7) is 0.628. The Morgan fingerprint density at radius 3 is 3.00 bits per heavy atom. The highest BCUT2D eigenvalue weighted by atomic mass is 35.5. The van der Waals surface area contributed by atoms with E-state index in [0.717, 1.165) is 0 Å². The molecule has 1 aromatic rings. The number of hydrogen-bond donors (Lipinski definition) is 1. The van der Waals surface area contributed by atoms with Crippen LogP contribution in [0.15, 0.2) is 6.07 Å². The van der Waals surface area contributed by atoms with Crippen molar-refractivity contribution in [1.29, 1.82) is 0 Å². The van der Waals surface area contributed by atoms with Crippen molar-refractivity contribution in [2.45, 2.75) is 38.6 Å². The largest absolute Gasteiger partial charge is 0.350 e. The van der Waals surface area contributed by atoms with Crippen molar-refractivity contribution in [2.24, 2.45) is 0 Å². The van der Waals surface area contributed by atoms with Gasteiger partial charge in [0.05, 0.1) is 6.54 Å². The van der Waals surface area contributed by atoms with Crippen LogP contribution in [-0.4, -0.2) is 11.8 Å². The zero-order chi connectivity index (χ0) is 11.4. The van der Waals surface area contributed by atoms with Crippen LogP contribution in [-0.2, 0) is 24.2 Å². The predicted molar refractivity (Wildman–Crippen MR) is 68.1 cm³/mol. The summed E-state index contributed by atoms with van der Waals surface area (Å²) >= 11 is 7.28. The molecule has 0 aromatic carbocycles. The Kier molecular flexibility index (Phi) is 4.24. The average Bonchev–Trinajstić information content (AvgIpc) is 2.56. The molecule has 2 rings (SSSR count). The van der Waals surface area contributed by atoms with Gasteiger partial charge in [0.2, 0.25) is 5.91 Å². The number of fused-ring (bicyclic) bond motifs is 1. The fourth-order valence-electron chi connectivity index (χ4n) is 2.05. The lowest BCUT2D eigenvalue weighted by Gasteiger charge is -1.99. The van der Waals surface area contributed by atoms with Gasteiger partial charge in [-0.15, -0.1) is 22.9 Å². The fourth-order valence-corrected chi connectivity index (χ4v) is 3.34. The summed E-state index contributed by atoms with van der Waals surface area (Å²) in [5, 5.41) is 2.81. The molecule has 0 saturated carbocycles.